The lowest BCUT2D eigenvalue weighted by atomic mass is 10.0. The van der Waals surface area contributed by atoms with Gasteiger partial charge in [0.1, 0.15) is 0 Å². The molecule has 0 aliphatic heterocycles. The van der Waals surface area contributed by atoms with Crippen LogP contribution >= 0.6 is 11.8 Å². The van der Waals surface area contributed by atoms with Crippen molar-refractivity contribution in [3.63, 3.8) is 0 Å². The second-order valence-corrected chi connectivity index (χ2v) is 5.54. The number of hydrogen-bond acceptors (Lipinski definition) is 3. The van der Waals surface area contributed by atoms with Crippen molar-refractivity contribution >= 4 is 11.8 Å². The monoisotopic (exact) mass is 275 g/mol. The zero-order valence-corrected chi connectivity index (χ0v) is 12.3. The molecule has 1 unspecified atom stereocenters. The Balaban J connectivity index is 2.00. The van der Waals surface area contributed by atoms with Crippen LogP contribution in [0.15, 0.2) is 46.7 Å². The standard InChI is InChI=1S/C15H21N3S/c1-3-9-16-14(4-2)12-5-7-13(8-6-12)19-15-17-10-11-18-15/h5-8,10-11,14,16H,3-4,9H2,1-2H3,(H,17,18). The summed E-state index contributed by atoms with van der Waals surface area (Å²) >= 11 is 1.65. The van der Waals surface area contributed by atoms with Crippen LogP contribution < -0.4 is 5.32 Å². The number of benzene rings is 1. The van der Waals surface area contributed by atoms with Gasteiger partial charge in [-0.25, -0.2) is 4.98 Å². The van der Waals surface area contributed by atoms with Crippen molar-refractivity contribution in [3.05, 3.63) is 42.2 Å². The Labute approximate surface area is 119 Å². The zero-order chi connectivity index (χ0) is 13.5. The van der Waals surface area contributed by atoms with Gasteiger partial charge in [0, 0.05) is 23.3 Å². The lowest BCUT2D eigenvalue weighted by Crippen LogP contribution is -2.21. The van der Waals surface area contributed by atoms with Crippen LogP contribution in [0.2, 0.25) is 0 Å². The Morgan fingerprint density at radius 3 is 2.63 bits per heavy atom. The van der Waals surface area contributed by atoms with E-state index in [1.54, 1.807) is 18.0 Å². The number of aromatic nitrogens is 2. The normalized spacial score (nSPS) is 12.5. The van der Waals surface area contributed by atoms with Crippen LogP contribution in [0.5, 0.6) is 0 Å². The van der Waals surface area contributed by atoms with Crippen molar-refractivity contribution in [1.29, 1.82) is 0 Å². The fourth-order valence-electron chi connectivity index (χ4n) is 2.00. The average Bonchev–Trinajstić information content (AvgIpc) is 2.94. The number of imidazole rings is 1. The quantitative estimate of drug-likeness (QED) is 0.802. The van der Waals surface area contributed by atoms with Crippen molar-refractivity contribution in [2.24, 2.45) is 0 Å². The Hall–Kier alpha value is -1.26. The molecule has 0 amide bonds. The third kappa shape index (κ3) is 4.11. The number of nitrogens with one attached hydrogen (secondary N) is 2. The smallest absolute Gasteiger partial charge is 0.170 e. The maximum atomic E-state index is 4.22. The van der Waals surface area contributed by atoms with E-state index in [2.05, 4.69) is 53.4 Å². The highest BCUT2D eigenvalue weighted by atomic mass is 32.2. The first-order valence-electron chi connectivity index (χ1n) is 6.84. The summed E-state index contributed by atoms with van der Waals surface area (Å²) in [5, 5.41) is 4.51. The third-order valence-electron chi connectivity index (χ3n) is 3.02. The molecule has 0 radical (unpaired) electrons. The first-order chi connectivity index (χ1) is 9.33. The minimum Gasteiger partial charge on any atom is -0.339 e. The molecule has 1 aromatic heterocycles. The number of aromatic amines is 1. The van der Waals surface area contributed by atoms with E-state index in [0.29, 0.717) is 6.04 Å². The second-order valence-electron chi connectivity index (χ2n) is 4.48. The molecule has 2 rings (SSSR count). The highest BCUT2D eigenvalue weighted by Crippen LogP contribution is 2.26. The molecule has 0 fully saturated rings. The lowest BCUT2D eigenvalue weighted by Gasteiger charge is -2.17. The maximum absolute atomic E-state index is 4.22. The van der Waals surface area contributed by atoms with Crippen LogP contribution in [0, 0.1) is 0 Å². The molecule has 0 aliphatic rings. The molecule has 0 spiro atoms. The van der Waals surface area contributed by atoms with Gasteiger partial charge in [-0.2, -0.15) is 0 Å². The summed E-state index contributed by atoms with van der Waals surface area (Å²) in [6.45, 7) is 5.49. The SMILES string of the molecule is CCCNC(CC)c1ccc(Sc2ncc[nH]2)cc1. The van der Waals surface area contributed by atoms with Crippen molar-refractivity contribution < 1.29 is 0 Å². The van der Waals surface area contributed by atoms with Gasteiger partial charge in [0.15, 0.2) is 5.16 Å². The number of nitrogens with zero attached hydrogens (tertiary/aromatic N) is 1. The van der Waals surface area contributed by atoms with Gasteiger partial charge >= 0.3 is 0 Å². The van der Waals surface area contributed by atoms with Gasteiger partial charge in [0.05, 0.1) is 0 Å². The Kier molecular flexibility index (Phi) is 5.48. The molecule has 4 heteroatoms. The van der Waals surface area contributed by atoms with E-state index in [4.69, 9.17) is 0 Å². The van der Waals surface area contributed by atoms with Crippen LogP contribution in [0.1, 0.15) is 38.3 Å². The van der Waals surface area contributed by atoms with E-state index in [1.165, 1.54) is 16.9 Å². The summed E-state index contributed by atoms with van der Waals surface area (Å²) in [6, 6.07) is 9.21. The number of hydrogen-bond donors (Lipinski definition) is 2. The second kappa shape index (κ2) is 7.36. The van der Waals surface area contributed by atoms with Crippen LogP contribution in [0.4, 0.5) is 0 Å². The van der Waals surface area contributed by atoms with E-state index in [1.807, 2.05) is 6.20 Å². The fraction of sp³-hybridized carbons (Fsp3) is 0.400. The molecular formula is C15H21N3S. The Bertz CT molecular complexity index is 465. The van der Waals surface area contributed by atoms with Crippen LogP contribution in [0.3, 0.4) is 0 Å². The number of rotatable bonds is 7. The summed E-state index contributed by atoms with van der Waals surface area (Å²) in [4.78, 5) is 8.53. The minimum atomic E-state index is 0.461. The van der Waals surface area contributed by atoms with Crippen molar-refractivity contribution in [2.45, 2.75) is 42.8 Å². The van der Waals surface area contributed by atoms with E-state index in [0.717, 1.165) is 18.1 Å². The Morgan fingerprint density at radius 1 is 1.26 bits per heavy atom. The molecule has 3 nitrogen and oxygen atoms in total. The molecule has 2 N–H and O–H groups in total. The molecule has 19 heavy (non-hydrogen) atoms. The highest BCUT2D eigenvalue weighted by molar-refractivity contribution is 7.99. The minimum absolute atomic E-state index is 0.461. The maximum Gasteiger partial charge on any atom is 0.170 e. The van der Waals surface area contributed by atoms with Gasteiger partial charge in [0.25, 0.3) is 0 Å². The van der Waals surface area contributed by atoms with Gasteiger partial charge < -0.3 is 10.3 Å². The molecule has 0 aliphatic carbocycles. The molecule has 1 atom stereocenters. The van der Waals surface area contributed by atoms with Gasteiger partial charge in [-0.15, -0.1) is 0 Å². The third-order valence-corrected chi connectivity index (χ3v) is 3.94. The van der Waals surface area contributed by atoms with E-state index in [-0.39, 0.29) is 0 Å². The summed E-state index contributed by atoms with van der Waals surface area (Å²) in [7, 11) is 0. The fourth-order valence-corrected chi connectivity index (χ4v) is 2.74. The molecular weight excluding hydrogens is 254 g/mol. The van der Waals surface area contributed by atoms with Gasteiger partial charge in [-0.1, -0.05) is 37.7 Å². The van der Waals surface area contributed by atoms with E-state index >= 15 is 0 Å². The molecule has 0 saturated heterocycles. The first kappa shape index (κ1) is 14.2. The average molecular weight is 275 g/mol. The molecule has 0 saturated carbocycles. The predicted octanol–water partition coefficient (Wildman–Crippen LogP) is 4.01. The summed E-state index contributed by atoms with van der Waals surface area (Å²) in [5.41, 5.74) is 1.36. The summed E-state index contributed by atoms with van der Waals surface area (Å²) in [5.74, 6) is 0. The van der Waals surface area contributed by atoms with Gasteiger partial charge in [-0.3, -0.25) is 0 Å². The topological polar surface area (TPSA) is 40.7 Å². The highest BCUT2D eigenvalue weighted by Gasteiger charge is 2.08. The Morgan fingerprint density at radius 2 is 2.05 bits per heavy atom. The molecule has 1 heterocycles. The molecule has 0 bridgehead atoms. The number of H-pyrrole nitrogens is 1. The van der Waals surface area contributed by atoms with E-state index in [9.17, 15) is 0 Å². The largest absolute Gasteiger partial charge is 0.339 e. The molecule has 102 valence electrons. The lowest BCUT2D eigenvalue weighted by molar-refractivity contribution is 0.518. The van der Waals surface area contributed by atoms with Gasteiger partial charge in [0.2, 0.25) is 0 Å². The predicted molar refractivity (Wildman–Crippen MR) is 80.5 cm³/mol. The van der Waals surface area contributed by atoms with Crippen molar-refractivity contribution in [3.8, 4) is 0 Å². The van der Waals surface area contributed by atoms with Gasteiger partial charge in [-0.05, 0) is 37.1 Å². The first-order valence-corrected chi connectivity index (χ1v) is 7.65. The van der Waals surface area contributed by atoms with E-state index < -0.39 is 0 Å². The summed E-state index contributed by atoms with van der Waals surface area (Å²) < 4.78 is 0. The van der Waals surface area contributed by atoms with Crippen molar-refractivity contribution in [2.75, 3.05) is 6.54 Å². The van der Waals surface area contributed by atoms with Crippen LogP contribution in [-0.4, -0.2) is 16.5 Å². The van der Waals surface area contributed by atoms with Crippen LogP contribution in [-0.2, 0) is 0 Å². The zero-order valence-electron chi connectivity index (χ0n) is 11.5. The molecule has 2 aromatic rings. The van der Waals surface area contributed by atoms with Crippen LogP contribution in [0.25, 0.3) is 0 Å². The van der Waals surface area contributed by atoms with Crippen molar-refractivity contribution in [1.82, 2.24) is 15.3 Å². The molecule has 1 aromatic carbocycles. The summed E-state index contributed by atoms with van der Waals surface area (Å²) in [6.07, 6.45) is 5.91.